The zero-order valence-electron chi connectivity index (χ0n) is 11.7. The summed E-state index contributed by atoms with van der Waals surface area (Å²) < 4.78 is 1.74. The maximum atomic E-state index is 11.8. The molecular formula is C14H17ClN4OS. The monoisotopic (exact) mass is 324 g/mol. The summed E-state index contributed by atoms with van der Waals surface area (Å²) in [5.41, 5.74) is 6.85. The standard InChI is InChI=1S/C14H17ClN4OS/c1-8(16)6-9-7-10(15)2-5-12(9)21-14-18-17-13(20)19(14)11-3-4-11/h2,5,7-8,11H,3-4,6,16H2,1H3,(H,17,20). The van der Waals surface area contributed by atoms with E-state index in [4.69, 9.17) is 17.3 Å². The highest BCUT2D eigenvalue weighted by Gasteiger charge is 2.29. The van der Waals surface area contributed by atoms with Crippen LogP contribution in [0.15, 0.2) is 33.0 Å². The van der Waals surface area contributed by atoms with Crippen LogP contribution in [-0.2, 0) is 6.42 Å². The number of rotatable bonds is 5. The van der Waals surface area contributed by atoms with Crippen molar-refractivity contribution in [2.24, 2.45) is 5.73 Å². The smallest absolute Gasteiger partial charge is 0.328 e. The molecular weight excluding hydrogens is 308 g/mol. The third-order valence-electron chi connectivity index (χ3n) is 3.35. The molecule has 1 aromatic carbocycles. The molecule has 1 atom stereocenters. The molecule has 1 saturated carbocycles. The summed E-state index contributed by atoms with van der Waals surface area (Å²) in [6.07, 6.45) is 2.82. The predicted octanol–water partition coefficient (Wildman–Crippen LogP) is 2.60. The molecule has 7 heteroatoms. The van der Waals surface area contributed by atoms with Gasteiger partial charge in [-0.15, -0.1) is 5.10 Å². The van der Waals surface area contributed by atoms with Gasteiger partial charge in [-0.25, -0.2) is 9.89 Å². The second kappa shape index (κ2) is 5.87. The van der Waals surface area contributed by atoms with Gasteiger partial charge in [0.15, 0.2) is 5.16 Å². The third-order valence-corrected chi connectivity index (χ3v) is 4.67. The van der Waals surface area contributed by atoms with Crippen molar-refractivity contribution >= 4 is 23.4 Å². The fourth-order valence-electron chi connectivity index (χ4n) is 2.27. The number of benzene rings is 1. The average molecular weight is 325 g/mol. The topological polar surface area (TPSA) is 76.7 Å². The van der Waals surface area contributed by atoms with Gasteiger partial charge in [0.25, 0.3) is 0 Å². The van der Waals surface area contributed by atoms with E-state index in [0.717, 1.165) is 29.7 Å². The minimum absolute atomic E-state index is 0.0487. The molecule has 1 heterocycles. The van der Waals surface area contributed by atoms with E-state index in [9.17, 15) is 4.79 Å². The molecule has 1 aliphatic carbocycles. The molecule has 1 aromatic heterocycles. The average Bonchev–Trinajstić information content (AvgIpc) is 3.17. The second-order valence-electron chi connectivity index (χ2n) is 5.45. The highest BCUT2D eigenvalue weighted by Crippen LogP contribution is 2.38. The van der Waals surface area contributed by atoms with E-state index in [1.807, 2.05) is 25.1 Å². The molecule has 0 saturated heterocycles. The molecule has 0 bridgehead atoms. The normalized spacial score (nSPS) is 16.1. The maximum absolute atomic E-state index is 11.8. The minimum Gasteiger partial charge on any atom is -0.328 e. The Morgan fingerprint density at radius 3 is 3.00 bits per heavy atom. The quantitative estimate of drug-likeness (QED) is 0.886. The van der Waals surface area contributed by atoms with Gasteiger partial charge in [-0.05, 0) is 61.7 Å². The highest BCUT2D eigenvalue weighted by molar-refractivity contribution is 7.99. The maximum Gasteiger partial charge on any atom is 0.344 e. The lowest BCUT2D eigenvalue weighted by molar-refractivity contribution is 0.642. The van der Waals surface area contributed by atoms with Crippen LogP contribution < -0.4 is 11.4 Å². The van der Waals surface area contributed by atoms with Crippen LogP contribution in [0.1, 0.15) is 31.4 Å². The van der Waals surface area contributed by atoms with Crippen molar-refractivity contribution in [1.29, 1.82) is 0 Å². The van der Waals surface area contributed by atoms with Crippen LogP contribution in [0.2, 0.25) is 5.02 Å². The molecule has 3 rings (SSSR count). The summed E-state index contributed by atoms with van der Waals surface area (Å²) in [4.78, 5) is 12.9. The van der Waals surface area contributed by atoms with E-state index >= 15 is 0 Å². The predicted molar refractivity (Wildman–Crippen MR) is 84.0 cm³/mol. The van der Waals surface area contributed by atoms with Crippen LogP contribution in [0.3, 0.4) is 0 Å². The van der Waals surface area contributed by atoms with E-state index in [1.54, 1.807) is 4.57 Å². The van der Waals surface area contributed by atoms with Crippen molar-refractivity contribution in [3.63, 3.8) is 0 Å². The Bertz CT molecular complexity index is 705. The lowest BCUT2D eigenvalue weighted by Crippen LogP contribution is -2.18. The van der Waals surface area contributed by atoms with Crippen LogP contribution in [0.25, 0.3) is 0 Å². The Balaban J connectivity index is 1.92. The first-order valence-electron chi connectivity index (χ1n) is 6.93. The van der Waals surface area contributed by atoms with Crippen molar-refractivity contribution in [2.75, 3.05) is 0 Å². The van der Waals surface area contributed by atoms with Crippen molar-refractivity contribution in [3.8, 4) is 0 Å². The van der Waals surface area contributed by atoms with Crippen molar-refractivity contribution in [1.82, 2.24) is 14.8 Å². The molecule has 0 aliphatic heterocycles. The molecule has 5 nitrogen and oxygen atoms in total. The zero-order valence-corrected chi connectivity index (χ0v) is 13.2. The molecule has 1 unspecified atom stereocenters. The van der Waals surface area contributed by atoms with E-state index in [2.05, 4.69) is 10.2 Å². The Labute approximate surface area is 131 Å². The fourth-order valence-corrected chi connectivity index (χ4v) is 3.49. The first-order chi connectivity index (χ1) is 10.0. The molecule has 1 aliphatic rings. The van der Waals surface area contributed by atoms with Gasteiger partial charge in [-0.1, -0.05) is 11.6 Å². The Hall–Kier alpha value is -1.24. The molecule has 1 fully saturated rings. The van der Waals surface area contributed by atoms with E-state index in [0.29, 0.717) is 16.2 Å². The number of nitrogens with zero attached hydrogens (tertiary/aromatic N) is 2. The Morgan fingerprint density at radius 2 is 2.33 bits per heavy atom. The van der Waals surface area contributed by atoms with Gasteiger partial charge >= 0.3 is 5.69 Å². The molecule has 112 valence electrons. The minimum atomic E-state index is -0.136. The summed E-state index contributed by atoms with van der Waals surface area (Å²) in [7, 11) is 0. The van der Waals surface area contributed by atoms with Gasteiger partial charge in [-0.3, -0.25) is 4.57 Å². The van der Waals surface area contributed by atoms with Crippen molar-refractivity contribution in [2.45, 2.75) is 48.3 Å². The summed E-state index contributed by atoms with van der Waals surface area (Å²) >= 11 is 7.56. The SMILES string of the molecule is CC(N)Cc1cc(Cl)ccc1Sc1n[nH]c(=O)n1C1CC1. The first kappa shape index (κ1) is 14.7. The van der Waals surface area contributed by atoms with Crippen molar-refractivity contribution < 1.29 is 0 Å². The second-order valence-corrected chi connectivity index (χ2v) is 6.89. The number of hydrogen-bond donors (Lipinski definition) is 2. The molecule has 0 amide bonds. The zero-order chi connectivity index (χ0) is 15.0. The Kier molecular flexibility index (Phi) is 4.10. The molecule has 3 N–H and O–H groups in total. The molecule has 2 aromatic rings. The van der Waals surface area contributed by atoms with Gasteiger partial charge in [0.05, 0.1) is 0 Å². The summed E-state index contributed by atoms with van der Waals surface area (Å²) in [5, 5.41) is 8.07. The van der Waals surface area contributed by atoms with Gasteiger partial charge in [0, 0.05) is 22.0 Å². The summed E-state index contributed by atoms with van der Waals surface area (Å²) in [6.45, 7) is 1.96. The van der Waals surface area contributed by atoms with Gasteiger partial charge < -0.3 is 5.73 Å². The Morgan fingerprint density at radius 1 is 1.57 bits per heavy atom. The third kappa shape index (κ3) is 3.33. The van der Waals surface area contributed by atoms with Crippen molar-refractivity contribution in [3.05, 3.63) is 39.3 Å². The van der Waals surface area contributed by atoms with Gasteiger partial charge in [-0.2, -0.15) is 0 Å². The van der Waals surface area contributed by atoms with Gasteiger partial charge in [0.1, 0.15) is 0 Å². The van der Waals surface area contributed by atoms with E-state index in [-0.39, 0.29) is 11.7 Å². The van der Waals surface area contributed by atoms with E-state index < -0.39 is 0 Å². The molecule has 0 radical (unpaired) electrons. The van der Waals surface area contributed by atoms with Crippen LogP contribution in [0.5, 0.6) is 0 Å². The van der Waals surface area contributed by atoms with Crippen LogP contribution in [0, 0.1) is 0 Å². The number of nitrogens with one attached hydrogen (secondary N) is 1. The fraction of sp³-hybridized carbons (Fsp3) is 0.429. The number of H-pyrrole nitrogens is 1. The van der Waals surface area contributed by atoms with E-state index in [1.165, 1.54) is 11.8 Å². The largest absolute Gasteiger partial charge is 0.344 e. The molecule has 21 heavy (non-hydrogen) atoms. The van der Waals surface area contributed by atoms with Crippen LogP contribution >= 0.6 is 23.4 Å². The molecule has 0 spiro atoms. The lowest BCUT2D eigenvalue weighted by Gasteiger charge is -2.12. The number of aromatic nitrogens is 3. The number of hydrogen-bond acceptors (Lipinski definition) is 4. The number of aromatic amines is 1. The van der Waals surface area contributed by atoms with Crippen LogP contribution in [0.4, 0.5) is 0 Å². The summed E-state index contributed by atoms with van der Waals surface area (Å²) in [5.74, 6) is 0. The van der Waals surface area contributed by atoms with Gasteiger partial charge in [0.2, 0.25) is 0 Å². The number of nitrogens with two attached hydrogens (primary N) is 1. The lowest BCUT2D eigenvalue weighted by atomic mass is 10.1. The van der Waals surface area contributed by atoms with Crippen LogP contribution in [-0.4, -0.2) is 20.8 Å². The number of halogens is 1. The summed E-state index contributed by atoms with van der Waals surface area (Å²) in [6, 6.07) is 6.08. The highest BCUT2D eigenvalue weighted by atomic mass is 35.5. The first-order valence-corrected chi connectivity index (χ1v) is 8.13.